The van der Waals surface area contributed by atoms with Crippen molar-refractivity contribution in [1.82, 2.24) is 0 Å². The Bertz CT molecular complexity index is 625. The molecule has 0 saturated carbocycles. The Hall–Kier alpha value is -2.33. The first-order valence-electron chi connectivity index (χ1n) is 7.81. The van der Waals surface area contributed by atoms with Crippen LogP contribution in [-0.2, 0) is 11.2 Å². The molecule has 1 atom stereocenters. The molecule has 122 valence electrons. The summed E-state index contributed by atoms with van der Waals surface area (Å²) < 4.78 is 5.58. The molecule has 0 aliphatic rings. The second-order valence-electron chi connectivity index (χ2n) is 5.81. The molecule has 23 heavy (non-hydrogen) atoms. The molecule has 4 heteroatoms. The summed E-state index contributed by atoms with van der Waals surface area (Å²) in [7, 11) is 0. The third-order valence-electron chi connectivity index (χ3n) is 3.79. The molecule has 1 unspecified atom stereocenters. The molecule has 2 rings (SSSR count). The summed E-state index contributed by atoms with van der Waals surface area (Å²) in [6.07, 6.45) is 1.93. The lowest BCUT2D eigenvalue weighted by atomic mass is 9.96. The fraction of sp³-hybridized carbons (Fsp3) is 0.316. The first-order chi connectivity index (χ1) is 11.0. The van der Waals surface area contributed by atoms with E-state index in [1.54, 1.807) is 0 Å². The minimum absolute atomic E-state index is 0.0335. The summed E-state index contributed by atoms with van der Waals surface area (Å²) in [5, 5.41) is 9.24. The van der Waals surface area contributed by atoms with Gasteiger partial charge < -0.3 is 15.6 Å². The number of hydrogen-bond acceptors (Lipinski definition) is 3. The lowest BCUT2D eigenvalue weighted by Crippen LogP contribution is -2.52. The van der Waals surface area contributed by atoms with E-state index in [2.05, 4.69) is 12.1 Å². The van der Waals surface area contributed by atoms with Crippen LogP contribution in [0, 0.1) is 0 Å². The van der Waals surface area contributed by atoms with Gasteiger partial charge in [-0.1, -0.05) is 55.8 Å². The van der Waals surface area contributed by atoms with Crippen LogP contribution in [-0.4, -0.2) is 23.2 Å². The van der Waals surface area contributed by atoms with E-state index in [1.807, 2.05) is 49.4 Å². The Morgan fingerprint density at radius 2 is 1.70 bits per heavy atom. The maximum absolute atomic E-state index is 11.3. The van der Waals surface area contributed by atoms with Gasteiger partial charge in [-0.2, -0.15) is 0 Å². The number of carboxylic acid groups (broad SMARTS) is 1. The molecule has 2 aromatic carbocycles. The van der Waals surface area contributed by atoms with Crippen molar-refractivity contribution in [3.05, 3.63) is 65.7 Å². The van der Waals surface area contributed by atoms with E-state index in [-0.39, 0.29) is 6.61 Å². The smallest absolute Gasteiger partial charge is 0.327 e. The van der Waals surface area contributed by atoms with Gasteiger partial charge in [0, 0.05) is 0 Å². The van der Waals surface area contributed by atoms with Crippen molar-refractivity contribution in [3.63, 3.8) is 0 Å². The molecule has 0 fully saturated rings. The summed E-state index contributed by atoms with van der Waals surface area (Å²) in [5.41, 5.74) is 6.99. The number of aliphatic carboxylic acids is 1. The van der Waals surface area contributed by atoms with E-state index in [0.29, 0.717) is 18.6 Å². The number of hydrogen-bond donors (Lipinski definition) is 2. The number of rotatable bonds is 8. The van der Waals surface area contributed by atoms with Gasteiger partial charge in [-0.25, -0.2) is 0 Å². The van der Waals surface area contributed by atoms with Gasteiger partial charge in [0.2, 0.25) is 0 Å². The van der Waals surface area contributed by atoms with Crippen molar-refractivity contribution in [3.8, 4) is 5.75 Å². The van der Waals surface area contributed by atoms with E-state index in [1.165, 1.54) is 11.1 Å². The summed E-state index contributed by atoms with van der Waals surface area (Å²) in [5.74, 6) is -0.394. The highest BCUT2D eigenvalue weighted by molar-refractivity contribution is 5.78. The minimum atomic E-state index is -1.34. The highest BCUT2D eigenvalue weighted by Gasteiger charge is 2.34. The van der Waals surface area contributed by atoms with Gasteiger partial charge in [-0.15, -0.1) is 0 Å². The van der Waals surface area contributed by atoms with Gasteiger partial charge >= 0.3 is 5.97 Å². The van der Waals surface area contributed by atoms with E-state index in [4.69, 9.17) is 10.5 Å². The van der Waals surface area contributed by atoms with Crippen molar-refractivity contribution in [2.75, 3.05) is 6.61 Å². The van der Waals surface area contributed by atoms with E-state index in [9.17, 15) is 9.90 Å². The van der Waals surface area contributed by atoms with Crippen LogP contribution in [0.4, 0.5) is 0 Å². The molecule has 0 aromatic heterocycles. The van der Waals surface area contributed by atoms with Crippen molar-refractivity contribution in [1.29, 1.82) is 0 Å². The average Bonchev–Trinajstić information content (AvgIpc) is 2.55. The van der Waals surface area contributed by atoms with Crippen molar-refractivity contribution >= 4 is 5.97 Å². The highest BCUT2D eigenvalue weighted by atomic mass is 16.5. The maximum Gasteiger partial charge on any atom is 0.327 e. The van der Waals surface area contributed by atoms with Crippen LogP contribution in [0.1, 0.15) is 30.9 Å². The zero-order valence-electron chi connectivity index (χ0n) is 13.4. The lowest BCUT2D eigenvalue weighted by molar-refractivity contribution is -0.144. The molecule has 0 aliphatic carbocycles. The monoisotopic (exact) mass is 313 g/mol. The first kappa shape index (κ1) is 17.0. The number of carboxylic acids is 1. The van der Waals surface area contributed by atoms with Gasteiger partial charge in [-0.3, -0.25) is 4.79 Å². The second-order valence-corrected chi connectivity index (χ2v) is 5.81. The van der Waals surface area contributed by atoms with Gasteiger partial charge in [0.15, 0.2) is 0 Å². The zero-order chi connectivity index (χ0) is 16.7. The first-order valence-corrected chi connectivity index (χ1v) is 7.81. The summed E-state index contributed by atoms with van der Waals surface area (Å²) in [4.78, 5) is 11.3. The molecule has 0 radical (unpaired) electrons. The second kappa shape index (κ2) is 7.79. The molecule has 2 aromatic rings. The zero-order valence-corrected chi connectivity index (χ0v) is 13.4. The van der Waals surface area contributed by atoms with Crippen LogP contribution < -0.4 is 10.5 Å². The lowest BCUT2D eigenvalue weighted by Gasteiger charge is -2.24. The Balaban J connectivity index is 1.96. The highest BCUT2D eigenvalue weighted by Crippen LogP contribution is 2.18. The standard InChI is InChI=1S/C19H23NO3/c1-2-12-19(20,18(21)22)14-23-17-10-8-16(9-11-17)13-15-6-4-3-5-7-15/h3-11H,2,12-14,20H2,1H3,(H,21,22). The van der Waals surface area contributed by atoms with Crippen LogP contribution >= 0.6 is 0 Å². The molecule has 0 heterocycles. The van der Waals surface area contributed by atoms with Crippen LogP contribution in [0.15, 0.2) is 54.6 Å². The Morgan fingerprint density at radius 3 is 2.26 bits per heavy atom. The maximum atomic E-state index is 11.3. The molecule has 3 N–H and O–H groups in total. The predicted molar refractivity (Wildman–Crippen MR) is 90.6 cm³/mol. The van der Waals surface area contributed by atoms with E-state index < -0.39 is 11.5 Å². The molecule has 0 amide bonds. The SMILES string of the molecule is CCCC(N)(COc1ccc(Cc2ccccc2)cc1)C(=O)O. The van der Waals surface area contributed by atoms with Crippen molar-refractivity contribution < 1.29 is 14.6 Å². The number of ether oxygens (including phenoxy) is 1. The summed E-state index contributed by atoms with van der Waals surface area (Å²) in [6.45, 7) is 1.87. The molecular formula is C19H23NO3. The normalized spacial score (nSPS) is 13.3. The Labute approximate surface area is 136 Å². The molecule has 4 nitrogen and oxygen atoms in total. The third kappa shape index (κ3) is 4.83. The van der Waals surface area contributed by atoms with Crippen LogP contribution in [0.25, 0.3) is 0 Å². The van der Waals surface area contributed by atoms with Gasteiger partial charge in [0.05, 0.1) is 0 Å². The van der Waals surface area contributed by atoms with E-state index >= 15 is 0 Å². The van der Waals surface area contributed by atoms with Gasteiger partial charge in [0.25, 0.3) is 0 Å². The summed E-state index contributed by atoms with van der Waals surface area (Å²) >= 11 is 0. The Morgan fingerprint density at radius 1 is 1.09 bits per heavy atom. The van der Waals surface area contributed by atoms with Crippen molar-refractivity contribution in [2.45, 2.75) is 31.7 Å². The molecular weight excluding hydrogens is 290 g/mol. The number of nitrogens with two attached hydrogens (primary N) is 1. The number of carbonyl (C=O) groups is 1. The van der Waals surface area contributed by atoms with Gasteiger partial charge in [-0.05, 0) is 36.1 Å². The predicted octanol–water partition coefficient (Wildman–Crippen LogP) is 3.24. The quantitative estimate of drug-likeness (QED) is 0.785. The largest absolute Gasteiger partial charge is 0.491 e. The average molecular weight is 313 g/mol. The fourth-order valence-corrected chi connectivity index (χ4v) is 2.43. The van der Waals surface area contributed by atoms with Crippen LogP contribution in [0.5, 0.6) is 5.75 Å². The fourth-order valence-electron chi connectivity index (χ4n) is 2.43. The van der Waals surface area contributed by atoms with Crippen LogP contribution in [0.2, 0.25) is 0 Å². The minimum Gasteiger partial charge on any atom is -0.491 e. The molecule has 0 saturated heterocycles. The number of benzene rings is 2. The van der Waals surface area contributed by atoms with Gasteiger partial charge in [0.1, 0.15) is 17.9 Å². The molecule has 0 spiro atoms. The molecule has 0 aliphatic heterocycles. The van der Waals surface area contributed by atoms with E-state index in [0.717, 1.165) is 6.42 Å². The van der Waals surface area contributed by atoms with Crippen LogP contribution in [0.3, 0.4) is 0 Å². The topological polar surface area (TPSA) is 72.5 Å². The summed E-state index contributed by atoms with van der Waals surface area (Å²) in [6, 6.07) is 17.9. The van der Waals surface area contributed by atoms with Crippen molar-refractivity contribution in [2.24, 2.45) is 5.73 Å². The Kier molecular flexibility index (Phi) is 5.77. The third-order valence-corrected chi connectivity index (χ3v) is 3.79. The molecule has 0 bridgehead atoms.